The molecule has 0 aliphatic heterocycles. The number of amides is 1. The van der Waals surface area contributed by atoms with Crippen LogP contribution in [0, 0.1) is 0 Å². The van der Waals surface area contributed by atoms with E-state index in [1.54, 1.807) is 0 Å². The molecule has 0 fully saturated rings. The number of nitrogens with one attached hydrogen (secondary N) is 1. The highest BCUT2D eigenvalue weighted by Crippen LogP contribution is 2.42. The molecule has 0 spiro atoms. The number of rotatable bonds is 28. The first-order valence-electron chi connectivity index (χ1n) is 15.0. The van der Waals surface area contributed by atoms with Gasteiger partial charge in [0.25, 0.3) is 0 Å². The predicted octanol–water partition coefficient (Wildman–Crippen LogP) is 6.59. The van der Waals surface area contributed by atoms with Crippen molar-refractivity contribution < 1.29 is 37.9 Å². The van der Waals surface area contributed by atoms with E-state index in [1.807, 2.05) is 6.92 Å². The van der Waals surface area contributed by atoms with Crippen LogP contribution in [0.3, 0.4) is 0 Å². The Morgan fingerprint density at radius 1 is 0.711 bits per heavy atom. The average molecular weight is 566 g/mol. The lowest BCUT2D eigenvalue weighted by molar-refractivity contribution is -0.147. The van der Waals surface area contributed by atoms with Gasteiger partial charge in [-0.15, -0.1) is 0 Å². The SMILES string of the molecule is CCCCCCCCCCCCCCCCCCC(=O)NCCOP(=O)(O)OCC(O)COC(=O)CCC. The largest absolute Gasteiger partial charge is 0.472 e. The summed E-state index contributed by atoms with van der Waals surface area (Å²) < 4.78 is 26.1. The van der Waals surface area contributed by atoms with Gasteiger partial charge >= 0.3 is 13.8 Å². The summed E-state index contributed by atoms with van der Waals surface area (Å²) in [5.74, 6) is -0.567. The molecule has 0 aliphatic carbocycles. The van der Waals surface area contributed by atoms with Crippen molar-refractivity contribution in [1.82, 2.24) is 5.32 Å². The van der Waals surface area contributed by atoms with E-state index in [0.717, 1.165) is 19.3 Å². The molecule has 226 valence electrons. The monoisotopic (exact) mass is 565 g/mol. The standard InChI is InChI=1S/C28H56NO8P/c1-3-5-6-7-8-9-10-11-12-13-14-15-16-17-18-19-21-27(31)29-22-23-36-38(33,34)37-25-26(30)24-35-28(32)20-4-2/h26,30H,3-25H2,1-2H3,(H,29,31)(H,33,34). The van der Waals surface area contributed by atoms with E-state index < -0.39 is 26.5 Å². The fourth-order valence-electron chi connectivity index (χ4n) is 4.00. The maximum atomic E-state index is 11.9. The Morgan fingerprint density at radius 3 is 1.71 bits per heavy atom. The zero-order valence-electron chi connectivity index (χ0n) is 24.1. The molecule has 0 radical (unpaired) electrons. The van der Waals surface area contributed by atoms with Gasteiger partial charge in [0, 0.05) is 19.4 Å². The molecule has 0 aromatic carbocycles. The number of carbonyl (C=O) groups is 2. The molecule has 2 atom stereocenters. The van der Waals surface area contributed by atoms with Gasteiger partial charge in [-0.3, -0.25) is 18.6 Å². The number of aliphatic hydroxyl groups is 1. The van der Waals surface area contributed by atoms with Crippen LogP contribution >= 0.6 is 7.82 Å². The number of carbonyl (C=O) groups excluding carboxylic acids is 2. The Morgan fingerprint density at radius 2 is 1.21 bits per heavy atom. The maximum Gasteiger partial charge on any atom is 0.472 e. The molecule has 38 heavy (non-hydrogen) atoms. The van der Waals surface area contributed by atoms with Gasteiger partial charge in [-0.05, 0) is 12.8 Å². The van der Waals surface area contributed by atoms with Gasteiger partial charge in [0.05, 0.1) is 13.2 Å². The fourth-order valence-corrected chi connectivity index (χ4v) is 4.76. The normalized spacial score (nSPS) is 13.7. The van der Waals surface area contributed by atoms with Gasteiger partial charge in [0.1, 0.15) is 12.7 Å². The van der Waals surface area contributed by atoms with E-state index >= 15 is 0 Å². The Bertz CT molecular complexity index is 620. The van der Waals surface area contributed by atoms with E-state index in [2.05, 4.69) is 16.8 Å². The lowest BCUT2D eigenvalue weighted by Gasteiger charge is -2.15. The van der Waals surface area contributed by atoms with Crippen LogP contribution in [-0.2, 0) is 27.9 Å². The molecule has 10 heteroatoms. The third-order valence-corrected chi connectivity index (χ3v) is 7.24. The van der Waals surface area contributed by atoms with Gasteiger partial charge in [-0.25, -0.2) is 4.57 Å². The third-order valence-electron chi connectivity index (χ3n) is 6.26. The summed E-state index contributed by atoms with van der Waals surface area (Å²) in [5, 5.41) is 12.3. The van der Waals surface area contributed by atoms with Crippen molar-refractivity contribution in [3.63, 3.8) is 0 Å². The zero-order valence-corrected chi connectivity index (χ0v) is 25.0. The first kappa shape index (κ1) is 37.0. The van der Waals surface area contributed by atoms with Crippen molar-refractivity contribution in [2.45, 2.75) is 142 Å². The summed E-state index contributed by atoms with van der Waals surface area (Å²) in [6.45, 7) is 3.13. The highest BCUT2D eigenvalue weighted by atomic mass is 31.2. The van der Waals surface area contributed by atoms with Crippen LogP contribution in [0.1, 0.15) is 136 Å². The number of aliphatic hydroxyl groups excluding tert-OH is 1. The van der Waals surface area contributed by atoms with Crippen LogP contribution in [0.4, 0.5) is 0 Å². The van der Waals surface area contributed by atoms with Crippen molar-refractivity contribution in [3.05, 3.63) is 0 Å². The van der Waals surface area contributed by atoms with Gasteiger partial charge < -0.3 is 20.1 Å². The molecular formula is C28H56NO8P. The number of hydrogen-bond acceptors (Lipinski definition) is 7. The van der Waals surface area contributed by atoms with Crippen molar-refractivity contribution in [3.8, 4) is 0 Å². The number of unbranched alkanes of at least 4 members (excludes halogenated alkanes) is 15. The van der Waals surface area contributed by atoms with Crippen molar-refractivity contribution in [1.29, 1.82) is 0 Å². The summed E-state index contributed by atoms with van der Waals surface area (Å²) in [7, 11) is -4.37. The summed E-state index contributed by atoms with van der Waals surface area (Å²) in [6.07, 6.45) is 20.6. The first-order chi connectivity index (χ1) is 18.3. The van der Waals surface area contributed by atoms with Gasteiger partial charge in [-0.1, -0.05) is 110 Å². The summed E-state index contributed by atoms with van der Waals surface area (Å²) >= 11 is 0. The number of phosphoric acid groups is 1. The Balaban J connectivity index is 3.50. The second kappa shape index (κ2) is 26.2. The second-order valence-corrected chi connectivity index (χ2v) is 11.5. The third kappa shape index (κ3) is 26.6. The molecule has 0 aromatic rings. The molecule has 0 saturated carbocycles. The summed E-state index contributed by atoms with van der Waals surface area (Å²) in [4.78, 5) is 32.8. The van der Waals surface area contributed by atoms with Crippen LogP contribution in [0.5, 0.6) is 0 Å². The Hall–Kier alpha value is -0.990. The molecule has 0 rings (SSSR count). The predicted molar refractivity (Wildman–Crippen MR) is 151 cm³/mol. The molecule has 2 unspecified atom stereocenters. The molecule has 0 aromatic heterocycles. The van der Waals surface area contributed by atoms with E-state index in [1.165, 1.54) is 83.5 Å². The molecule has 0 bridgehead atoms. The quantitative estimate of drug-likeness (QED) is 0.0550. The van der Waals surface area contributed by atoms with Crippen LogP contribution in [0.2, 0.25) is 0 Å². The smallest absolute Gasteiger partial charge is 0.463 e. The molecule has 3 N–H and O–H groups in total. The van der Waals surface area contributed by atoms with Gasteiger partial charge in [0.15, 0.2) is 0 Å². The highest BCUT2D eigenvalue weighted by Gasteiger charge is 2.23. The van der Waals surface area contributed by atoms with Crippen molar-refractivity contribution in [2.75, 3.05) is 26.4 Å². The Kier molecular flexibility index (Phi) is 25.6. The van der Waals surface area contributed by atoms with Crippen molar-refractivity contribution in [2.24, 2.45) is 0 Å². The van der Waals surface area contributed by atoms with E-state index in [4.69, 9.17) is 9.26 Å². The van der Waals surface area contributed by atoms with E-state index in [9.17, 15) is 24.2 Å². The maximum absolute atomic E-state index is 11.9. The van der Waals surface area contributed by atoms with Gasteiger partial charge in [-0.2, -0.15) is 0 Å². The topological polar surface area (TPSA) is 131 Å². The highest BCUT2D eigenvalue weighted by molar-refractivity contribution is 7.47. The first-order valence-corrected chi connectivity index (χ1v) is 16.5. The number of esters is 1. The van der Waals surface area contributed by atoms with Gasteiger partial charge in [0.2, 0.25) is 5.91 Å². The van der Waals surface area contributed by atoms with E-state index in [-0.39, 0.29) is 32.1 Å². The van der Waals surface area contributed by atoms with Crippen LogP contribution in [-0.4, -0.2) is 54.3 Å². The average Bonchev–Trinajstić information content (AvgIpc) is 2.88. The number of ether oxygens (including phenoxy) is 1. The zero-order chi connectivity index (χ0) is 28.3. The van der Waals surface area contributed by atoms with E-state index in [0.29, 0.717) is 12.8 Å². The summed E-state index contributed by atoms with van der Waals surface area (Å²) in [6, 6.07) is 0. The Labute approximate surface area is 231 Å². The lowest BCUT2D eigenvalue weighted by atomic mass is 10.0. The van der Waals surface area contributed by atoms with Crippen LogP contribution in [0.25, 0.3) is 0 Å². The molecule has 1 amide bonds. The fraction of sp³-hybridized carbons (Fsp3) is 0.929. The lowest BCUT2D eigenvalue weighted by Crippen LogP contribution is -2.27. The molecule has 9 nitrogen and oxygen atoms in total. The minimum Gasteiger partial charge on any atom is -0.463 e. The number of phosphoric ester groups is 1. The van der Waals surface area contributed by atoms with Crippen LogP contribution < -0.4 is 5.32 Å². The van der Waals surface area contributed by atoms with Crippen LogP contribution in [0.15, 0.2) is 0 Å². The molecule has 0 heterocycles. The second-order valence-electron chi connectivity index (χ2n) is 10.1. The summed E-state index contributed by atoms with van der Waals surface area (Å²) in [5.41, 5.74) is 0. The number of hydrogen-bond donors (Lipinski definition) is 3. The molecule has 0 aliphatic rings. The minimum absolute atomic E-state index is 0.0861. The molecule has 0 saturated heterocycles. The van der Waals surface area contributed by atoms with Crippen molar-refractivity contribution >= 4 is 19.7 Å². The minimum atomic E-state index is -4.37. The molecular weight excluding hydrogens is 509 g/mol.